The third kappa shape index (κ3) is 2.49. The van der Waals surface area contributed by atoms with E-state index in [1.54, 1.807) is 35.3 Å². The maximum absolute atomic E-state index is 11.1. The maximum Gasteiger partial charge on any atom is 0.335 e. The van der Waals surface area contributed by atoms with Crippen LogP contribution >= 0.6 is 0 Å². The lowest BCUT2D eigenvalue weighted by atomic mass is 10.2. The van der Waals surface area contributed by atoms with Crippen molar-refractivity contribution in [3.63, 3.8) is 0 Å². The second kappa shape index (κ2) is 5.35. The van der Waals surface area contributed by atoms with E-state index in [1.807, 2.05) is 11.5 Å². The number of carboxylic acid groups (broad SMARTS) is 1. The summed E-state index contributed by atoms with van der Waals surface area (Å²) < 4.78 is 3.79. The first-order valence-corrected chi connectivity index (χ1v) is 6.75. The highest BCUT2D eigenvalue weighted by Gasteiger charge is 2.12. The smallest absolute Gasteiger partial charge is 0.335 e. The zero-order valence-electron chi connectivity index (χ0n) is 11.6. The SMILES string of the molecule is CCc1nc2ccc(C(=O)O)cc2n1CCn1ccnn1. The van der Waals surface area contributed by atoms with E-state index in [2.05, 4.69) is 15.3 Å². The first-order valence-electron chi connectivity index (χ1n) is 6.75. The van der Waals surface area contributed by atoms with Crippen LogP contribution in [0.2, 0.25) is 0 Å². The maximum atomic E-state index is 11.1. The van der Waals surface area contributed by atoms with E-state index < -0.39 is 5.97 Å². The van der Waals surface area contributed by atoms with Crippen LogP contribution in [0, 0.1) is 0 Å². The summed E-state index contributed by atoms with van der Waals surface area (Å²) in [6.45, 7) is 3.37. The molecule has 0 saturated heterocycles. The minimum atomic E-state index is -0.932. The van der Waals surface area contributed by atoms with Crippen LogP contribution in [-0.4, -0.2) is 35.6 Å². The van der Waals surface area contributed by atoms with Gasteiger partial charge in [0.25, 0.3) is 0 Å². The normalized spacial score (nSPS) is 11.1. The van der Waals surface area contributed by atoms with Gasteiger partial charge in [0.15, 0.2) is 0 Å². The molecule has 21 heavy (non-hydrogen) atoms. The van der Waals surface area contributed by atoms with Gasteiger partial charge in [0.2, 0.25) is 0 Å². The molecule has 0 aliphatic heterocycles. The fourth-order valence-electron chi connectivity index (χ4n) is 2.38. The number of rotatable bonds is 5. The Bertz CT molecular complexity index is 776. The molecule has 0 radical (unpaired) electrons. The summed E-state index contributed by atoms with van der Waals surface area (Å²) in [5, 5.41) is 16.8. The Morgan fingerprint density at radius 3 is 2.86 bits per heavy atom. The van der Waals surface area contributed by atoms with Crippen LogP contribution in [0.4, 0.5) is 0 Å². The van der Waals surface area contributed by atoms with Gasteiger partial charge in [-0.25, -0.2) is 9.78 Å². The highest BCUT2D eigenvalue weighted by atomic mass is 16.4. The van der Waals surface area contributed by atoms with Crippen molar-refractivity contribution in [1.82, 2.24) is 24.5 Å². The highest BCUT2D eigenvalue weighted by molar-refractivity contribution is 5.92. The van der Waals surface area contributed by atoms with E-state index in [-0.39, 0.29) is 5.56 Å². The van der Waals surface area contributed by atoms with Gasteiger partial charge in [0.05, 0.1) is 29.3 Å². The average molecular weight is 285 g/mol. The van der Waals surface area contributed by atoms with Crippen LogP contribution in [-0.2, 0) is 19.5 Å². The largest absolute Gasteiger partial charge is 0.478 e. The number of aromatic carboxylic acids is 1. The van der Waals surface area contributed by atoms with Crippen molar-refractivity contribution >= 4 is 17.0 Å². The third-order valence-electron chi connectivity index (χ3n) is 3.42. The van der Waals surface area contributed by atoms with Crippen molar-refractivity contribution in [1.29, 1.82) is 0 Å². The Balaban J connectivity index is 2.00. The molecule has 1 aromatic carbocycles. The molecule has 0 saturated carbocycles. The monoisotopic (exact) mass is 285 g/mol. The topological polar surface area (TPSA) is 85.8 Å². The molecule has 7 nitrogen and oxygen atoms in total. The highest BCUT2D eigenvalue weighted by Crippen LogP contribution is 2.19. The summed E-state index contributed by atoms with van der Waals surface area (Å²) in [5.74, 6) is 0.00614. The molecule has 7 heteroatoms. The van der Waals surface area contributed by atoms with Gasteiger partial charge in [-0.05, 0) is 18.2 Å². The van der Waals surface area contributed by atoms with Gasteiger partial charge in [0.1, 0.15) is 5.82 Å². The molecule has 108 valence electrons. The van der Waals surface area contributed by atoms with Gasteiger partial charge in [-0.2, -0.15) is 0 Å². The van der Waals surface area contributed by atoms with Gasteiger partial charge < -0.3 is 9.67 Å². The number of nitrogens with zero attached hydrogens (tertiary/aromatic N) is 5. The standard InChI is InChI=1S/C14H15N5O2/c1-2-13-16-11-4-3-10(14(20)21)9-12(11)19(13)8-7-18-6-5-15-17-18/h3-6,9H,2,7-8H2,1H3,(H,20,21). The van der Waals surface area contributed by atoms with Crippen LogP contribution in [0.5, 0.6) is 0 Å². The van der Waals surface area contributed by atoms with E-state index in [4.69, 9.17) is 5.11 Å². The Kier molecular flexibility index (Phi) is 3.39. The van der Waals surface area contributed by atoms with Crippen molar-refractivity contribution in [3.05, 3.63) is 42.0 Å². The summed E-state index contributed by atoms with van der Waals surface area (Å²) in [4.78, 5) is 15.7. The summed E-state index contributed by atoms with van der Waals surface area (Å²) in [7, 11) is 0. The van der Waals surface area contributed by atoms with E-state index in [0.29, 0.717) is 13.1 Å². The molecular formula is C14H15N5O2. The van der Waals surface area contributed by atoms with E-state index in [0.717, 1.165) is 23.3 Å². The molecule has 0 aliphatic rings. The number of fused-ring (bicyclic) bond motifs is 1. The molecule has 0 fully saturated rings. The molecule has 2 heterocycles. The number of carboxylic acids is 1. The van der Waals surface area contributed by atoms with Crippen LogP contribution in [0.1, 0.15) is 23.1 Å². The number of aryl methyl sites for hydroxylation is 3. The molecule has 0 amide bonds. The summed E-state index contributed by atoms with van der Waals surface area (Å²) in [5.41, 5.74) is 1.93. The summed E-state index contributed by atoms with van der Waals surface area (Å²) in [6.07, 6.45) is 4.22. The predicted molar refractivity (Wildman–Crippen MR) is 76.1 cm³/mol. The van der Waals surface area contributed by atoms with Crippen molar-refractivity contribution in [3.8, 4) is 0 Å². The number of hydrogen-bond donors (Lipinski definition) is 1. The van der Waals surface area contributed by atoms with Gasteiger partial charge in [-0.15, -0.1) is 5.10 Å². The number of aromatic nitrogens is 5. The zero-order chi connectivity index (χ0) is 14.8. The van der Waals surface area contributed by atoms with Gasteiger partial charge >= 0.3 is 5.97 Å². The molecule has 0 aliphatic carbocycles. The lowest BCUT2D eigenvalue weighted by Crippen LogP contribution is -2.10. The third-order valence-corrected chi connectivity index (χ3v) is 3.42. The molecule has 1 N–H and O–H groups in total. The number of imidazole rings is 1. The number of carbonyl (C=O) groups is 1. The molecule has 2 aromatic heterocycles. The summed E-state index contributed by atoms with van der Waals surface area (Å²) in [6, 6.07) is 5.01. The Hall–Kier alpha value is -2.70. The first-order chi connectivity index (χ1) is 10.2. The molecule has 0 bridgehead atoms. The lowest BCUT2D eigenvalue weighted by molar-refractivity contribution is 0.0697. The minimum Gasteiger partial charge on any atom is -0.478 e. The van der Waals surface area contributed by atoms with E-state index in [9.17, 15) is 4.79 Å². The first kappa shape index (κ1) is 13.3. The molecule has 3 rings (SSSR count). The number of benzene rings is 1. The fourth-order valence-corrected chi connectivity index (χ4v) is 2.38. The molecule has 0 atom stereocenters. The molecular weight excluding hydrogens is 270 g/mol. The molecule has 0 spiro atoms. The average Bonchev–Trinajstić information content (AvgIpc) is 3.11. The summed E-state index contributed by atoms with van der Waals surface area (Å²) >= 11 is 0. The lowest BCUT2D eigenvalue weighted by Gasteiger charge is -2.08. The molecule has 0 unspecified atom stereocenters. The van der Waals surface area contributed by atoms with E-state index >= 15 is 0 Å². The second-order valence-corrected chi connectivity index (χ2v) is 4.71. The van der Waals surface area contributed by atoms with Crippen molar-refractivity contribution in [2.24, 2.45) is 0 Å². The Morgan fingerprint density at radius 2 is 2.19 bits per heavy atom. The van der Waals surface area contributed by atoms with Crippen LogP contribution in [0.15, 0.2) is 30.6 Å². The van der Waals surface area contributed by atoms with Crippen LogP contribution < -0.4 is 0 Å². The number of hydrogen-bond acceptors (Lipinski definition) is 4. The van der Waals surface area contributed by atoms with Crippen LogP contribution in [0.3, 0.4) is 0 Å². The second-order valence-electron chi connectivity index (χ2n) is 4.71. The Labute approximate surface area is 120 Å². The zero-order valence-corrected chi connectivity index (χ0v) is 11.6. The Morgan fingerprint density at radius 1 is 1.33 bits per heavy atom. The van der Waals surface area contributed by atoms with Gasteiger partial charge in [0, 0.05) is 19.2 Å². The van der Waals surface area contributed by atoms with Gasteiger partial charge in [-0.1, -0.05) is 12.1 Å². The van der Waals surface area contributed by atoms with Gasteiger partial charge in [-0.3, -0.25) is 4.68 Å². The quantitative estimate of drug-likeness (QED) is 0.769. The minimum absolute atomic E-state index is 0.270. The van der Waals surface area contributed by atoms with Crippen molar-refractivity contribution < 1.29 is 9.90 Å². The van der Waals surface area contributed by atoms with Crippen molar-refractivity contribution in [2.45, 2.75) is 26.4 Å². The molecule has 3 aromatic rings. The van der Waals surface area contributed by atoms with Crippen LogP contribution in [0.25, 0.3) is 11.0 Å². The predicted octanol–water partition coefficient (Wildman–Crippen LogP) is 1.59. The fraction of sp³-hybridized carbons (Fsp3) is 0.286. The van der Waals surface area contributed by atoms with E-state index in [1.165, 1.54) is 0 Å². The van der Waals surface area contributed by atoms with Crippen molar-refractivity contribution in [2.75, 3.05) is 0 Å².